The Labute approximate surface area is 44.8 Å². The maximum Gasteiger partial charge on any atom is 0.0325 e. The maximum atomic E-state index is 3.69. The van der Waals surface area contributed by atoms with Gasteiger partial charge in [-0.3, -0.25) is 4.99 Å². The second kappa shape index (κ2) is 3.59. The molecule has 1 nitrogen and oxygen atoms in total. The zero-order valence-electron chi connectivity index (χ0n) is 4.94. The van der Waals surface area contributed by atoms with Gasteiger partial charge < -0.3 is 0 Å². The molecule has 0 spiro atoms. The minimum absolute atomic E-state index is 1.02. The highest BCUT2D eigenvalue weighted by molar-refractivity contribution is 5.28. The summed E-state index contributed by atoms with van der Waals surface area (Å²) < 4.78 is 0. The first-order chi connectivity index (χ1) is 3.31. The predicted molar refractivity (Wildman–Crippen MR) is 33.6 cm³/mol. The van der Waals surface area contributed by atoms with E-state index in [-0.39, 0.29) is 0 Å². The number of allylic oxidation sites excluding steroid dienone is 2. The van der Waals surface area contributed by atoms with Crippen molar-refractivity contribution >= 4 is 6.72 Å². The minimum Gasteiger partial charge on any atom is -0.270 e. The molecule has 0 bridgehead atoms. The van der Waals surface area contributed by atoms with Crippen molar-refractivity contribution in [2.75, 3.05) is 0 Å². The van der Waals surface area contributed by atoms with Gasteiger partial charge in [0, 0.05) is 5.70 Å². The van der Waals surface area contributed by atoms with E-state index >= 15 is 0 Å². The monoisotopic (exact) mass is 97.1 g/mol. The Morgan fingerprint density at radius 1 is 1.86 bits per heavy atom. The zero-order chi connectivity index (χ0) is 5.70. The van der Waals surface area contributed by atoms with E-state index in [0.717, 1.165) is 12.1 Å². The van der Waals surface area contributed by atoms with Gasteiger partial charge in [0.25, 0.3) is 0 Å². The van der Waals surface area contributed by atoms with E-state index in [1.54, 1.807) is 0 Å². The third-order valence-electron chi connectivity index (χ3n) is 0.749. The second-order valence-electron chi connectivity index (χ2n) is 1.41. The lowest BCUT2D eigenvalue weighted by Crippen LogP contribution is -1.63. The molecule has 0 N–H and O–H groups in total. The van der Waals surface area contributed by atoms with Gasteiger partial charge in [-0.05, 0) is 20.1 Å². The number of hydrogen-bond acceptors (Lipinski definition) is 1. The Hall–Kier alpha value is -0.590. The molecule has 0 atom stereocenters. The predicted octanol–water partition coefficient (Wildman–Crippen LogP) is 2.00. The van der Waals surface area contributed by atoms with Crippen LogP contribution in [0.1, 0.15) is 20.3 Å². The van der Waals surface area contributed by atoms with Crippen LogP contribution in [0.25, 0.3) is 0 Å². The summed E-state index contributed by atoms with van der Waals surface area (Å²) in [5, 5.41) is 0. The fourth-order valence-electron chi connectivity index (χ4n) is 0.360. The average molecular weight is 97.2 g/mol. The van der Waals surface area contributed by atoms with Gasteiger partial charge in [-0.1, -0.05) is 13.0 Å². The molecule has 40 valence electrons. The third-order valence-corrected chi connectivity index (χ3v) is 0.749. The van der Waals surface area contributed by atoms with Gasteiger partial charge in [0.15, 0.2) is 0 Å². The van der Waals surface area contributed by atoms with Gasteiger partial charge in [-0.15, -0.1) is 0 Å². The summed E-state index contributed by atoms with van der Waals surface area (Å²) in [6.07, 6.45) is 3.08. The Bertz CT molecular complexity index is 82.2. The average Bonchev–Trinajstić information content (AvgIpc) is 1.68. The zero-order valence-corrected chi connectivity index (χ0v) is 4.94. The molecule has 0 saturated heterocycles. The van der Waals surface area contributed by atoms with E-state index in [9.17, 15) is 0 Å². The molecule has 0 unspecified atom stereocenters. The number of rotatable bonds is 2. The number of nitrogens with zero attached hydrogens (tertiary/aromatic N) is 1. The Balaban J connectivity index is 3.49. The number of aliphatic imine (C=N–C) groups is 1. The van der Waals surface area contributed by atoms with Gasteiger partial charge in [-0.2, -0.15) is 0 Å². The molecule has 0 fully saturated rings. The molecule has 0 aliphatic heterocycles. The fraction of sp³-hybridized carbons (Fsp3) is 0.500. The highest BCUT2D eigenvalue weighted by Crippen LogP contribution is 1.92. The van der Waals surface area contributed by atoms with Crippen LogP contribution in [0.15, 0.2) is 16.8 Å². The van der Waals surface area contributed by atoms with Gasteiger partial charge >= 0.3 is 0 Å². The molecule has 0 aliphatic rings. The summed E-state index contributed by atoms with van der Waals surface area (Å²) in [5.74, 6) is 0. The van der Waals surface area contributed by atoms with E-state index in [2.05, 4.69) is 18.6 Å². The quantitative estimate of drug-likeness (QED) is 0.467. The lowest BCUT2D eigenvalue weighted by atomic mass is 10.4. The van der Waals surface area contributed by atoms with Crippen molar-refractivity contribution in [1.82, 2.24) is 0 Å². The largest absolute Gasteiger partial charge is 0.270 e. The van der Waals surface area contributed by atoms with Crippen molar-refractivity contribution in [3.63, 3.8) is 0 Å². The Morgan fingerprint density at radius 2 is 2.43 bits per heavy atom. The van der Waals surface area contributed by atoms with Gasteiger partial charge in [0.2, 0.25) is 0 Å². The molecule has 0 aromatic heterocycles. The lowest BCUT2D eigenvalue weighted by Gasteiger charge is -1.83. The van der Waals surface area contributed by atoms with E-state index in [0.29, 0.717) is 0 Å². The topological polar surface area (TPSA) is 12.4 Å². The van der Waals surface area contributed by atoms with Crippen molar-refractivity contribution in [3.05, 3.63) is 11.8 Å². The highest BCUT2D eigenvalue weighted by Gasteiger charge is 1.72. The van der Waals surface area contributed by atoms with Crippen molar-refractivity contribution in [2.45, 2.75) is 20.3 Å². The van der Waals surface area contributed by atoms with Crippen LogP contribution >= 0.6 is 0 Å². The van der Waals surface area contributed by atoms with Gasteiger partial charge in [0.1, 0.15) is 0 Å². The summed E-state index contributed by atoms with van der Waals surface area (Å²) in [7, 11) is 0. The maximum absolute atomic E-state index is 3.69. The Morgan fingerprint density at radius 3 is 2.57 bits per heavy atom. The summed E-state index contributed by atoms with van der Waals surface area (Å²) >= 11 is 0. The minimum atomic E-state index is 1.02. The summed E-state index contributed by atoms with van der Waals surface area (Å²) in [4.78, 5) is 3.69. The van der Waals surface area contributed by atoms with Crippen LogP contribution in [0.4, 0.5) is 0 Å². The highest BCUT2D eigenvalue weighted by atomic mass is 14.7. The fourth-order valence-corrected chi connectivity index (χ4v) is 0.360. The van der Waals surface area contributed by atoms with Crippen LogP contribution in [0.5, 0.6) is 0 Å². The third kappa shape index (κ3) is 3.23. The molecule has 0 rings (SSSR count). The molecule has 0 aliphatic carbocycles. The van der Waals surface area contributed by atoms with E-state index in [1.807, 2.05) is 13.0 Å². The first-order valence-corrected chi connectivity index (χ1v) is 2.44. The van der Waals surface area contributed by atoms with Crippen molar-refractivity contribution in [1.29, 1.82) is 0 Å². The van der Waals surface area contributed by atoms with Crippen molar-refractivity contribution in [2.24, 2.45) is 4.99 Å². The first kappa shape index (κ1) is 6.41. The normalized spacial score (nSPS) is 11.4. The molecule has 7 heavy (non-hydrogen) atoms. The van der Waals surface area contributed by atoms with Crippen LogP contribution in [-0.4, -0.2) is 6.72 Å². The van der Waals surface area contributed by atoms with Crippen LogP contribution in [0.2, 0.25) is 0 Å². The van der Waals surface area contributed by atoms with Crippen LogP contribution < -0.4 is 0 Å². The van der Waals surface area contributed by atoms with Gasteiger partial charge in [-0.25, -0.2) is 0 Å². The first-order valence-electron chi connectivity index (χ1n) is 2.44. The summed E-state index contributed by atoms with van der Waals surface area (Å²) in [6, 6.07) is 0. The molecular weight excluding hydrogens is 86.1 g/mol. The second-order valence-corrected chi connectivity index (χ2v) is 1.41. The molecule has 0 heterocycles. The summed E-state index contributed by atoms with van der Waals surface area (Å²) in [6.45, 7) is 7.38. The molecule has 1 heteroatoms. The molecule has 0 radical (unpaired) electrons. The standard InChI is InChI=1S/C6H11N/c1-4-5-6(2)7-3/h5H,3-4H2,1-2H3/b6-5+. The summed E-state index contributed by atoms with van der Waals surface area (Å²) in [5.41, 5.74) is 1.02. The molecule has 0 aromatic rings. The van der Waals surface area contributed by atoms with Gasteiger partial charge in [0.05, 0.1) is 0 Å². The van der Waals surface area contributed by atoms with Crippen LogP contribution in [-0.2, 0) is 0 Å². The molecule has 0 saturated carbocycles. The van der Waals surface area contributed by atoms with E-state index < -0.39 is 0 Å². The van der Waals surface area contributed by atoms with Crippen LogP contribution in [0, 0.1) is 0 Å². The van der Waals surface area contributed by atoms with E-state index in [1.165, 1.54) is 0 Å². The van der Waals surface area contributed by atoms with Crippen molar-refractivity contribution in [3.8, 4) is 0 Å². The van der Waals surface area contributed by atoms with Crippen molar-refractivity contribution < 1.29 is 0 Å². The molecule has 0 aromatic carbocycles. The molecule has 0 amide bonds. The van der Waals surface area contributed by atoms with Crippen LogP contribution in [0.3, 0.4) is 0 Å². The number of hydrogen-bond donors (Lipinski definition) is 0. The lowest BCUT2D eigenvalue weighted by molar-refractivity contribution is 1.16. The SMILES string of the molecule is C=N/C(C)=C/CC. The van der Waals surface area contributed by atoms with E-state index in [4.69, 9.17) is 0 Å². The Kier molecular flexibility index (Phi) is 3.29. The molecular formula is C6H11N. The smallest absolute Gasteiger partial charge is 0.0325 e.